The summed E-state index contributed by atoms with van der Waals surface area (Å²) in [6.07, 6.45) is 0. The number of anilines is 2. The molecule has 3 rings (SSSR count). The Morgan fingerprint density at radius 2 is 1.95 bits per heavy atom. The van der Waals surface area contributed by atoms with Crippen molar-refractivity contribution >= 4 is 28.1 Å². The van der Waals surface area contributed by atoms with E-state index in [2.05, 4.69) is 10.3 Å². The van der Waals surface area contributed by atoms with Gasteiger partial charge < -0.3 is 10.4 Å². The molecule has 0 atom stereocenters. The highest BCUT2D eigenvalue weighted by molar-refractivity contribution is 7.14. The number of carboxylic acids is 1. The normalized spacial score (nSPS) is 10.4. The van der Waals surface area contributed by atoms with Crippen LogP contribution < -0.4 is 5.32 Å². The first-order valence-corrected chi connectivity index (χ1v) is 7.31. The van der Waals surface area contributed by atoms with Crippen LogP contribution in [0.25, 0.3) is 11.3 Å². The van der Waals surface area contributed by atoms with Crippen LogP contribution in [0, 0.1) is 5.82 Å². The van der Waals surface area contributed by atoms with Crippen molar-refractivity contribution in [3.63, 3.8) is 0 Å². The standard InChI is InChI=1S/C16H11FN2O2S/c17-12-6-4-10(5-7-12)14-9-22-16(19-14)18-13-3-1-2-11(8-13)15(20)21/h1-9H,(H,18,19)(H,20,21). The van der Waals surface area contributed by atoms with Gasteiger partial charge in [0, 0.05) is 16.6 Å². The summed E-state index contributed by atoms with van der Waals surface area (Å²) in [5.74, 6) is -1.27. The van der Waals surface area contributed by atoms with Crippen molar-refractivity contribution < 1.29 is 14.3 Å². The van der Waals surface area contributed by atoms with Crippen LogP contribution in [0.5, 0.6) is 0 Å². The third kappa shape index (κ3) is 3.12. The van der Waals surface area contributed by atoms with Crippen LogP contribution in [0.3, 0.4) is 0 Å². The lowest BCUT2D eigenvalue weighted by Gasteiger charge is -2.03. The van der Waals surface area contributed by atoms with E-state index in [1.165, 1.54) is 29.5 Å². The Bertz CT molecular complexity index is 815. The number of benzene rings is 2. The molecule has 1 heterocycles. The van der Waals surface area contributed by atoms with E-state index in [1.54, 1.807) is 30.3 Å². The van der Waals surface area contributed by atoms with Gasteiger partial charge in [-0.2, -0.15) is 0 Å². The van der Waals surface area contributed by atoms with Crippen molar-refractivity contribution in [2.45, 2.75) is 0 Å². The summed E-state index contributed by atoms with van der Waals surface area (Å²) in [6.45, 7) is 0. The first-order valence-electron chi connectivity index (χ1n) is 6.44. The number of carboxylic acid groups (broad SMARTS) is 1. The van der Waals surface area contributed by atoms with Gasteiger partial charge >= 0.3 is 5.97 Å². The van der Waals surface area contributed by atoms with Gasteiger partial charge in [0.05, 0.1) is 11.3 Å². The van der Waals surface area contributed by atoms with E-state index < -0.39 is 5.97 Å². The lowest BCUT2D eigenvalue weighted by Crippen LogP contribution is -1.97. The Balaban J connectivity index is 1.81. The molecule has 0 spiro atoms. The van der Waals surface area contributed by atoms with Crippen LogP contribution in [-0.4, -0.2) is 16.1 Å². The second-order valence-electron chi connectivity index (χ2n) is 4.56. The van der Waals surface area contributed by atoms with Crippen molar-refractivity contribution in [3.05, 3.63) is 65.3 Å². The van der Waals surface area contributed by atoms with Crippen molar-refractivity contribution in [1.82, 2.24) is 4.98 Å². The summed E-state index contributed by atoms with van der Waals surface area (Å²) in [5.41, 5.74) is 2.42. The Morgan fingerprint density at radius 1 is 1.18 bits per heavy atom. The summed E-state index contributed by atoms with van der Waals surface area (Å²) >= 11 is 1.39. The molecule has 1 aromatic heterocycles. The summed E-state index contributed by atoms with van der Waals surface area (Å²) in [5, 5.41) is 14.5. The van der Waals surface area contributed by atoms with Gasteiger partial charge in [0.1, 0.15) is 5.82 Å². The second kappa shape index (κ2) is 5.95. The molecule has 0 saturated carbocycles. The fourth-order valence-electron chi connectivity index (χ4n) is 1.94. The molecule has 4 nitrogen and oxygen atoms in total. The summed E-state index contributed by atoms with van der Waals surface area (Å²) < 4.78 is 12.9. The Hall–Kier alpha value is -2.73. The number of hydrogen-bond donors (Lipinski definition) is 2. The highest BCUT2D eigenvalue weighted by Gasteiger charge is 2.07. The van der Waals surface area contributed by atoms with Crippen LogP contribution in [0.2, 0.25) is 0 Å². The van der Waals surface area contributed by atoms with Crippen LogP contribution in [0.15, 0.2) is 53.9 Å². The largest absolute Gasteiger partial charge is 0.478 e. The van der Waals surface area contributed by atoms with Crippen molar-refractivity contribution in [1.29, 1.82) is 0 Å². The zero-order valence-corrected chi connectivity index (χ0v) is 12.1. The third-order valence-corrected chi connectivity index (χ3v) is 3.76. The van der Waals surface area contributed by atoms with Gasteiger partial charge in [-0.15, -0.1) is 11.3 Å². The van der Waals surface area contributed by atoms with Gasteiger partial charge in [-0.25, -0.2) is 14.2 Å². The second-order valence-corrected chi connectivity index (χ2v) is 5.41. The minimum absolute atomic E-state index is 0.209. The van der Waals surface area contributed by atoms with Gasteiger partial charge in [0.15, 0.2) is 5.13 Å². The topological polar surface area (TPSA) is 62.2 Å². The molecule has 6 heteroatoms. The molecular formula is C16H11FN2O2S. The number of aromatic nitrogens is 1. The smallest absolute Gasteiger partial charge is 0.335 e. The molecule has 2 N–H and O–H groups in total. The van der Waals surface area contributed by atoms with E-state index in [0.717, 1.165) is 11.3 Å². The van der Waals surface area contributed by atoms with Gasteiger partial charge in [-0.05, 0) is 42.5 Å². The van der Waals surface area contributed by atoms with Crippen LogP contribution in [0.1, 0.15) is 10.4 Å². The van der Waals surface area contributed by atoms with Gasteiger partial charge in [-0.3, -0.25) is 0 Å². The van der Waals surface area contributed by atoms with Gasteiger partial charge in [0.2, 0.25) is 0 Å². The quantitative estimate of drug-likeness (QED) is 0.749. The Labute approximate surface area is 129 Å². The maximum atomic E-state index is 12.9. The van der Waals surface area contributed by atoms with Crippen molar-refractivity contribution in [2.75, 3.05) is 5.32 Å². The average molecular weight is 314 g/mol. The summed E-state index contributed by atoms with van der Waals surface area (Å²) in [4.78, 5) is 15.4. The molecule has 110 valence electrons. The van der Waals surface area contributed by atoms with Gasteiger partial charge in [-0.1, -0.05) is 6.07 Å². The van der Waals surface area contributed by atoms with Crippen molar-refractivity contribution in [3.8, 4) is 11.3 Å². The molecule has 2 aromatic carbocycles. The molecule has 0 aliphatic carbocycles. The maximum absolute atomic E-state index is 12.9. The van der Waals surface area contributed by atoms with Crippen LogP contribution in [-0.2, 0) is 0 Å². The first-order chi connectivity index (χ1) is 10.6. The van der Waals surface area contributed by atoms with Crippen LogP contribution >= 0.6 is 11.3 Å². The lowest BCUT2D eigenvalue weighted by atomic mass is 10.2. The zero-order chi connectivity index (χ0) is 15.5. The molecule has 0 aliphatic heterocycles. The average Bonchev–Trinajstić information content (AvgIpc) is 2.96. The molecule has 0 radical (unpaired) electrons. The molecule has 22 heavy (non-hydrogen) atoms. The number of rotatable bonds is 4. The van der Waals surface area contributed by atoms with E-state index in [-0.39, 0.29) is 11.4 Å². The van der Waals surface area contributed by atoms with Crippen LogP contribution in [0.4, 0.5) is 15.2 Å². The minimum Gasteiger partial charge on any atom is -0.478 e. The number of nitrogens with one attached hydrogen (secondary N) is 1. The van der Waals surface area contributed by atoms with E-state index >= 15 is 0 Å². The maximum Gasteiger partial charge on any atom is 0.335 e. The molecule has 0 unspecified atom stereocenters. The number of aromatic carboxylic acids is 1. The number of thiazole rings is 1. The minimum atomic E-state index is -0.977. The Kier molecular flexibility index (Phi) is 3.84. The number of hydrogen-bond acceptors (Lipinski definition) is 4. The van der Waals surface area contributed by atoms with Gasteiger partial charge in [0.25, 0.3) is 0 Å². The SMILES string of the molecule is O=C(O)c1cccc(Nc2nc(-c3ccc(F)cc3)cs2)c1. The number of halogens is 1. The Morgan fingerprint density at radius 3 is 2.68 bits per heavy atom. The van der Waals surface area contributed by atoms with E-state index in [0.29, 0.717) is 10.8 Å². The molecule has 0 amide bonds. The van der Waals surface area contributed by atoms with E-state index in [1.807, 2.05) is 5.38 Å². The molecular weight excluding hydrogens is 303 g/mol. The first kappa shape index (κ1) is 14.2. The molecule has 0 fully saturated rings. The summed E-state index contributed by atoms with van der Waals surface area (Å²) in [7, 11) is 0. The summed E-state index contributed by atoms with van der Waals surface area (Å²) in [6, 6.07) is 12.6. The molecule has 3 aromatic rings. The monoisotopic (exact) mass is 314 g/mol. The molecule has 0 aliphatic rings. The highest BCUT2D eigenvalue weighted by Crippen LogP contribution is 2.27. The predicted molar refractivity (Wildman–Crippen MR) is 84.2 cm³/mol. The predicted octanol–water partition coefficient (Wildman–Crippen LogP) is 4.39. The fraction of sp³-hybridized carbons (Fsp3) is 0. The van der Waals surface area contributed by atoms with Crippen molar-refractivity contribution in [2.24, 2.45) is 0 Å². The zero-order valence-electron chi connectivity index (χ0n) is 11.3. The van der Waals surface area contributed by atoms with E-state index in [4.69, 9.17) is 5.11 Å². The van der Waals surface area contributed by atoms with E-state index in [9.17, 15) is 9.18 Å². The fourth-order valence-corrected chi connectivity index (χ4v) is 2.68. The lowest BCUT2D eigenvalue weighted by molar-refractivity contribution is 0.0697. The molecule has 0 saturated heterocycles. The third-order valence-electron chi connectivity index (χ3n) is 3.00. The number of carbonyl (C=O) groups is 1. The molecule has 0 bridgehead atoms. The number of nitrogens with zero attached hydrogens (tertiary/aromatic N) is 1. The highest BCUT2D eigenvalue weighted by atomic mass is 32.1.